The van der Waals surface area contributed by atoms with Crippen molar-refractivity contribution in [2.45, 2.75) is 25.4 Å². The fourth-order valence-electron chi connectivity index (χ4n) is 3.74. The molecule has 3 aromatic rings. The number of urea groups is 1. The topological polar surface area (TPSA) is 44.4 Å². The summed E-state index contributed by atoms with van der Waals surface area (Å²) < 4.78 is 0. The molecule has 2 amide bonds. The molecule has 2 N–H and O–H groups in total. The highest BCUT2D eigenvalue weighted by Gasteiger charge is 2.33. The Bertz CT molecular complexity index is 976. The van der Waals surface area contributed by atoms with Gasteiger partial charge < -0.3 is 10.6 Å². The van der Waals surface area contributed by atoms with Gasteiger partial charge in [0.2, 0.25) is 0 Å². The van der Waals surface area contributed by atoms with Crippen LogP contribution in [0.15, 0.2) is 78.9 Å². The van der Waals surface area contributed by atoms with Crippen LogP contribution in [0.3, 0.4) is 0 Å². The Morgan fingerprint density at radius 2 is 1.68 bits per heavy atom. The number of para-hydroxylation sites is 2. The monoisotopic (exact) mass is 391 g/mol. The van der Waals surface area contributed by atoms with E-state index in [0.29, 0.717) is 10.7 Å². The first-order valence-electron chi connectivity index (χ1n) is 9.38. The van der Waals surface area contributed by atoms with Gasteiger partial charge in [0, 0.05) is 22.4 Å². The van der Waals surface area contributed by atoms with Crippen molar-refractivity contribution < 1.29 is 4.79 Å². The first-order valence-corrected chi connectivity index (χ1v) is 9.76. The lowest BCUT2D eigenvalue weighted by Crippen LogP contribution is -2.46. The molecule has 142 valence electrons. The molecule has 0 aromatic heterocycles. The minimum atomic E-state index is -0.152. The number of hydrogen-bond acceptors (Lipinski definition) is 2. The van der Waals surface area contributed by atoms with Crippen molar-refractivity contribution in [3.63, 3.8) is 0 Å². The molecule has 1 aliphatic rings. The number of anilines is 3. The van der Waals surface area contributed by atoms with E-state index >= 15 is 0 Å². The SMILES string of the molecule is C[C@H]1C[C@H](Nc2ccccc2)c2ccccc2N1C(=O)Nc1cccc(Cl)c1. The van der Waals surface area contributed by atoms with Gasteiger partial charge in [-0.05, 0) is 55.3 Å². The first-order chi connectivity index (χ1) is 13.6. The summed E-state index contributed by atoms with van der Waals surface area (Å²) in [6, 6.07) is 25.5. The molecule has 1 heterocycles. The van der Waals surface area contributed by atoms with E-state index in [2.05, 4.69) is 35.8 Å². The zero-order valence-electron chi connectivity index (χ0n) is 15.6. The van der Waals surface area contributed by atoms with Crippen molar-refractivity contribution in [1.82, 2.24) is 0 Å². The number of fused-ring (bicyclic) bond motifs is 1. The maximum absolute atomic E-state index is 13.1. The summed E-state index contributed by atoms with van der Waals surface area (Å²) in [5.74, 6) is 0. The second kappa shape index (κ2) is 7.95. The van der Waals surface area contributed by atoms with Crippen LogP contribution in [0, 0.1) is 0 Å². The minimum Gasteiger partial charge on any atom is -0.378 e. The van der Waals surface area contributed by atoms with Crippen LogP contribution >= 0.6 is 11.6 Å². The normalized spacial score (nSPS) is 18.3. The number of nitrogens with one attached hydrogen (secondary N) is 2. The van der Waals surface area contributed by atoms with Crippen LogP contribution in [0.5, 0.6) is 0 Å². The Morgan fingerprint density at radius 3 is 2.46 bits per heavy atom. The van der Waals surface area contributed by atoms with Gasteiger partial charge >= 0.3 is 6.03 Å². The molecule has 0 unspecified atom stereocenters. The molecule has 3 aromatic carbocycles. The molecular formula is C23H22ClN3O. The van der Waals surface area contributed by atoms with Crippen molar-refractivity contribution in [2.24, 2.45) is 0 Å². The van der Waals surface area contributed by atoms with E-state index in [0.717, 1.165) is 23.4 Å². The second-order valence-electron chi connectivity index (χ2n) is 7.02. The van der Waals surface area contributed by atoms with Gasteiger partial charge in [0.15, 0.2) is 0 Å². The highest BCUT2D eigenvalue weighted by Crippen LogP contribution is 2.39. The molecule has 4 nitrogen and oxygen atoms in total. The average molecular weight is 392 g/mol. The van der Waals surface area contributed by atoms with Crippen molar-refractivity contribution in [1.29, 1.82) is 0 Å². The van der Waals surface area contributed by atoms with Crippen LogP contribution in [0.25, 0.3) is 0 Å². The fourth-order valence-corrected chi connectivity index (χ4v) is 3.93. The quantitative estimate of drug-likeness (QED) is 0.548. The summed E-state index contributed by atoms with van der Waals surface area (Å²) in [6.45, 7) is 2.08. The van der Waals surface area contributed by atoms with Gasteiger partial charge in [-0.2, -0.15) is 0 Å². The van der Waals surface area contributed by atoms with E-state index in [1.165, 1.54) is 0 Å². The Hall–Kier alpha value is -2.98. The summed E-state index contributed by atoms with van der Waals surface area (Å²) in [5.41, 5.74) is 3.80. The van der Waals surface area contributed by atoms with Crippen LogP contribution < -0.4 is 15.5 Å². The Balaban J connectivity index is 1.61. The van der Waals surface area contributed by atoms with Gasteiger partial charge in [-0.15, -0.1) is 0 Å². The summed E-state index contributed by atoms with van der Waals surface area (Å²) in [4.78, 5) is 14.9. The molecule has 0 fully saturated rings. The van der Waals surface area contributed by atoms with E-state index in [9.17, 15) is 4.79 Å². The van der Waals surface area contributed by atoms with Gasteiger partial charge in [0.25, 0.3) is 0 Å². The number of halogens is 1. The molecule has 4 rings (SSSR count). The number of amides is 2. The lowest BCUT2D eigenvalue weighted by molar-refractivity contribution is 0.254. The number of nitrogens with zero attached hydrogens (tertiary/aromatic N) is 1. The van der Waals surface area contributed by atoms with Crippen LogP contribution in [-0.4, -0.2) is 12.1 Å². The summed E-state index contributed by atoms with van der Waals surface area (Å²) >= 11 is 6.05. The average Bonchev–Trinajstić information content (AvgIpc) is 2.69. The minimum absolute atomic E-state index is 0.0373. The molecule has 0 saturated carbocycles. The fraction of sp³-hybridized carbons (Fsp3) is 0.174. The zero-order valence-corrected chi connectivity index (χ0v) is 16.4. The molecular weight excluding hydrogens is 370 g/mol. The number of rotatable bonds is 3. The Morgan fingerprint density at radius 1 is 0.964 bits per heavy atom. The van der Waals surface area contributed by atoms with Gasteiger partial charge in [-0.25, -0.2) is 4.79 Å². The summed E-state index contributed by atoms with van der Waals surface area (Å²) in [5, 5.41) is 7.17. The molecule has 1 aliphatic heterocycles. The van der Waals surface area contributed by atoms with E-state index in [1.807, 2.05) is 53.4 Å². The third-order valence-corrected chi connectivity index (χ3v) is 5.23. The molecule has 5 heteroatoms. The van der Waals surface area contributed by atoms with Crippen LogP contribution in [0.1, 0.15) is 24.9 Å². The van der Waals surface area contributed by atoms with Crippen LogP contribution in [-0.2, 0) is 0 Å². The highest BCUT2D eigenvalue weighted by molar-refractivity contribution is 6.30. The van der Waals surface area contributed by atoms with E-state index in [-0.39, 0.29) is 18.1 Å². The summed E-state index contributed by atoms with van der Waals surface area (Å²) in [7, 11) is 0. The number of benzene rings is 3. The van der Waals surface area contributed by atoms with Crippen molar-refractivity contribution in [3.05, 3.63) is 89.4 Å². The van der Waals surface area contributed by atoms with Gasteiger partial charge in [-0.3, -0.25) is 4.90 Å². The smallest absolute Gasteiger partial charge is 0.326 e. The largest absolute Gasteiger partial charge is 0.378 e. The third-order valence-electron chi connectivity index (χ3n) is 5.00. The maximum Gasteiger partial charge on any atom is 0.326 e. The van der Waals surface area contributed by atoms with Crippen molar-refractivity contribution >= 4 is 34.7 Å². The summed E-state index contributed by atoms with van der Waals surface area (Å²) in [6.07, 6.45) is 0.814. The van der Waals surface area contributed by atoms with Crippen LogP contribution in [0.4, 0.5) is 21.9 Å². The lowest BCUT2D eigenvalue weighted by Gasteiger charge is -2.39. The first kappa shape index (κ1) is 18.4. The molecule has 0 spiro atoms. The predicted octanol–water partition coefficient (Wildman–Crippen LogP) is 6.32. The van der Waals surface area contributed by atoms with E-state index < -0.39 is 0 Å². The molecule has 28 heavy (non-hydrogen) atoms. The maximum atomic E-state index is 13.1. The number of hydrogen-bond donors (Lipinski definition) is 2. The van der Waals surface area contributed by atoms with E-state index in [4.69, 9.17) is 11.6 Å². The number of carbonyl (C=O) groups is 1. The second-order valence-corrected chi connectivity index (χ2v) is 7.45. The van der Waals surface area contributed by atoms with Crippen molar-refractivity contribution in [2.75, 3.05) is 15.5 Å². The molecule has 0 saturated heterocycles. The Kier molecular flexibility index (Phi) is 5.22. The third kappa shape index (κ3) is 3.82. The molecule has 0 bridgehead atoms. The number of carbonyl (C=O) groups excluding carboxylic acids is 1. The predicted molar refractivity (Wildman–Crippen MR) is 116 cm³/mol. The van der Waals surface area contributed by atoms with Crippen LogP contribution in [0.2, 0.25) is 5.02 Å². The molecule has 0 radical (unpaired) electrons. The molecule has 0 aliphatic carbocycles. The lowest BCUT2D eigenvalue weighted by atomic mass is 9.91. The van der Waals surface area contributed by atoms with E-state index in [1.54, 1.807) is 12.1 Å². The van der Waals surface area contributed by atoms with Gasteiger partial charge in [0.1, 0.15) is 0 Å². The standard InChI is InChI=1S/C23H22ClN3O/c1-16-14-21(25-18-9-3-2-4-10-18)20-12-5-6-13-22(20)27(16)23(28)26-19-11-7-8-17(24)15-19/h2-13,15-16,21,25H,14H2,1H3,(H,26,28)/t16-,21-/m0/s1. The molecule has 2 atom stereocenters. The Labute approximate surface area is 170 Å². The van der Waals surface area contributed by atoms with Crippen molar-refractivity contribution in [3.8, 4) is 0 Å². The highest BCUT2D eigenvalue weighted by atomic mass is 35.5. The van der Waals surface area contributed by atoms with Gasteiger partial charge in [0.05, 0.1) is 11.7 Å². The van der Waals surface area contributed by atoms with Gasteiger partial charge in [-0.1, -0.05) is 54.1 Å². The zero-order chi connectivity index (χ0) is 19.5.